The van der Waals surface area contributed by atoms with Gasteiger partial charge in [0.2, 0.25) is 6.41 Å². The van der Waals surface area contributed by atoms with Crippen LogP contribution >= 0.6 is 0 Å². The van der Waals surface area contributed by atoms with Gasteiger partial charge in [-0.2, -0.15) is 0 Å². The van der Waals surface area contributed by atoms with Crippen molar-refractivity contribution in [2.45, 2.75) is 13.8 Å². The first kappa shape index (κ1) is 16.1. The number of hydrogen-bond acceptors (Lipinski definition) is 3. The molecule has 0 aromatic heterocycles. The molecule has 0 bridgehead atoms. The van der Waals surface area contributed by atoms with Crippen LogP contribution in [-0.2, 0) is 4.79 Å². The van der Waals surface area contributed by atoms with Crippen LogP contribution < -0.4 is 10.1 Å². The molecule has 2 rings (SSSR count). The topological polar surface area (TPSA) is 61.9 Å². The molecule has 120 valence electrons. The average Bonchev–Trinajstić information content (AvgIpc) is 2.50. The van der Waals surface area contributed by atoms with Crippen LogP contribution in [0.15, 0.2) is 18.2 Å². The Hall–Kier alpha value is -2.24. The minimum Gasteiger partial charge on any atom is -0.492 e. The number of benzene rings is 1. The fraction of sp³-hybridized carbons (Fsp3) is 0.500. The molecule has 0 aliphatic carbocycles. The van der Waals surface area contributed by atoms with Crippen molar-refractivity contribution in [3.63, 3.8) is 0 Å². The Balaban J connectivity index is 1.68. The molecule has 1 aliphatic rings. The average molecular weight is 305 g/mol. The van der Waals surface area contributed by atoms with Crippen LogP contribution in [-0.4, -0.2) is 61.6 Å². The standard InChI is InChI=1S/C16H23N3O3/c1-13-9-14(2)11-15(10-13)22-8-3-17-16(21)19-6-4-18(12-20)5-7-19/h9-12H,3-8H2,1-2H3,(H,17,21). The van der Waals surface area contributed by atoms with Gasteiger partial charge in [-0.1, -0.05) is 6.07 Å². The molecule has 0 unspecified atom stereocenters. The van der Waals surface area contributed by atoms with Gasteiger partial charge in [-0.05, 0) is 37.1 Å². The minimum absolute atomic E-state index is 0.102. The third-order valence-electron chi connectivity index (χ3n) is 3.59. The summed E-state index contributed by atoms with van der Waals surface area (Å²) in [5.74, 6) is 0.825. The summed E-state index contributed by atoms with van der Waals surface area (Å²) >= 11 is 0. The lowest BCUT2D eigenvalue weighted by Gasteiger charge is -2.32. The van der Waals surface area contributed by atoms with E-state index >= 15 is 0 Å². The Kier molecular flexibility index (Phi) is 5.63. The number of nitrogens with zero attached hydrogens (tertiary/aromatic N) is 2. The number of carbonyl (C=O) groups excluding carboxylic acids is 2. The van der Waals surface area contributed by atoms with Crippen LogP contribution in [0.2, 0.25) is 0 Å². The number of rotatable bonds is 5. The first-order chi connectivity index (χ1) is 10.6. The molecule has 3 amide bonds. The van der Waals surface area contributed by atoms with Crippen LogP contribution in [0.3, 0.4) is 0 Å². The predicted octanol–water partition coefficient (Wildman–Crippen LogP) is 1.17. The number of ether oxygens (including phenoxy) is 1. The van der Waals surface area contributed by atoms with E-state index in [2.05, 4.69) is 11.4 Å². The van der Waals surface area contributed by atoms with Gasteiger partial charge < -0.3 is 19.9 Å². The molecule has 1 aromatic rings. The fourth-order valence-electron chi connectivity index (χ4n) is 2.49. The summed E-state index contributed by atoms with van der Waals surface area (Å²) in [6, 6.07) is 5.95. The molecule has 6 heteroatoms. The normalized spacial score (nSPS) is 14.6. The van der Waals surface area contributed by atoms with Crippen molar-refractivity contribution in [1.82, 2.24) is 15.1 Å². The fourth-order valence-corrected chi connectivity index (χ4v) is 2.49. The molecule has 1 aromatic carbocycles. The van der Waals surface area contributed by atoms with E-state index in [4.69, 9.17) is 4.74 Å². The van der Waals surface area contributed by atoms with Gasteiger partial charge in [0.1, 0.15) is 12.4 Å². The van der Waals surface area contributed by atoms with E-state index in [0.29, 0.717) is 39.3 Å². The number of urea groups is 1. The predicted molar refractivity (Wildman–Crippen MR) is 84.0 cm³/mol. The van der Waals surface area contributed by atoms with Crippen molar-refractivity contribution in [2.24, 2.45) is 0 Å². The van der Waals surface area contributed by atoms with E-state index in [1.807, 2.05) is 26.0 Å². The number of aryl methyl sites for hydroxylation is 2. The molecular weight excluding hydrogens is 282 g/mol. The van der Waals surface area contributed by atoms with E-state index in [1.165, 1.54) is 0 Å². The second kappa shape index (κ2) is 7.68. The molecule has 1 aliphatic heterocycles. The molecule has 0 atom stereocenters. The van der Waals surface area contributed by atoms with Crippen LogP contribution in [0.4, 0.5) is 4.79 Å². The number of carbonyl (C=O) groups is 2. The largest absolute Gasteiger partial charge is 0.492 e. The van der Waals surface area contributed by atoms with Gasteiger partial charge in [0.05, 0.1) is 6.54 Å². The molecule has 0 radical (unpaired) electrons. The zero-order valence-electron chi connectivity index (χ0n) is 13.2. The molecular formula is C16H23N3O3. The molecule has 1 N–H and O–H groups in total. The quantitative estimate of drug-likeness (QED) is 0.656. The van der Waals surface area contributed by atoms with Crippen LogP contribution in [0.5, 0.6) is 5.75 Å². The highest BCUT2D eigenvalue weighted by Gasteiger charge is 2.19. The van der Waals surface area contributed by atoms with E-state index in [-0.39, 0.29) is 6.03 Å². The summed E-state index contributed by atoms with van der Waals surface area (Å²) in [5.41, 5.74) is 2.32. The maximum atomic E-state index is 12.0. The monoisotopic (exact) mass is 305 g/mol. The SMILES string of the molecule is Cc1cc(C)cc(OCCNC(=O)N2CCN(C=O)CC2)c1. The van der Waals surface area contributed by atoms with E-state index < -0.39 is 0 Å². The molecule has 1 saturated heterocycles. The van der Waals surface area contributed by atoms with E-state index in [0.717, 1.165) is 23.3 Å². The minimum atomic E-state index is -0.102. The number of hydrogen-bond donors (Lipinski definition) is 1. The third kappa shape index (κ3) is 4.65. The van der Waals surface area contributed by atoms with Gasteiger partial charge in [-0.15, -0.1) is 0 Å². The van der Waals surface area contributed by atoms with Gasteiger partial charge in [0.25, 0.3) is 0 Å². The van der Waals surface area contributed by atoms with Crippen molar-refractivity contribution in [3.8, 4) is 5.75 Å². The van der Waals surface area contributed by atoms with Gasteiger partial charge in [0, 0.05) is 26.2 Å². The van der Waals surface area contributed by atoms with Crippen molar-refractivity contribution in [1.29, 1.82) is 0 Å². The highest BCUT2D eigenvalue weighted by molar-refractivity contribution is 5.74. The Morgan fingerprint density at radius 2 is 1.82 bits per heavy atom. The summed E-state index contributed by atoms with van der Waals surface area (Å²) in [5, 5.41) is 2.84. The zero-order chi connectivity index (χ0) is 15.9. The zero-order valence-corrected chi connectivity index (χ0v) is 13.2. The molecule has 0 spiro atoms. The summed E-state index contributed by atoms with van der Waals surface area (Å²) in [6.45, 7) is 7.28. The Labute approximate surface area is 131 Å². The van der Waals surface area contributed by atoms with Crippen molar-refractivity contribution in [3.05, 3.63) is 29.3 Å². The number of amides is 3. The maximum absolute atomic E-state index is 12.0. The summed E-state index contributed by atoms with van der Waals surface area (Å²) < 4.78 is 5.65. The van der Waals surface area contributed by atoms with Gasteiger partial charge >= 0.3 is 6.03 Å². The first-order valence-electron chi connectivity index (χ1n) is 7.51. The Bertz CT molecular complexity index is 505. The first-order valence-corrected chi connectivity index (χ1v) is 7.51. The number of piperazine rings is 1. The van der Waals surface area contributed by atoms with Crippen LogP contribution in [0.1, 0.15) is 11.1 Å². The van der Waals surface area contributed by atoms with Gasteiger partial charge in [-0.25, -0.2) is 4.79 Å². The lowest BCUT2D eigenvalue weighted by molar-refractivity contribution is -0.119. The maximum Gasteiger partial charge on any atom is 0.317 e. The van der Waals surface area contributed by atoms with E-state index in [1.54, 1.807) is 9.80 Å². The highest BCUT2D eigenvalue weighted by atomic mass is 16.5. The second-order valence-corrected chi connectivity index (χ2v) is 5.53. The molecule has 6 nitrogen and oxygen atoms in total. The Morgan fingerprint density at radius 1 is 1.18 bits per heavy atom. The van der Waals surface area contributed by atoms with E-state index in [9.17, 15) is 9.59 Å². The van der Waals surface area contributed by atoms with Gasteiger partial charge in [-0.3, -0.25) is 4.79 Å². The summed E-state index contributed by atoms with van der Waals surface area (Å²) in [4.78, 5) is 26.0. The molecule has 0 saturated carbocycles. The lowest BCUT2D eigenvalue weighted by atomic mass is 10.1. The number of nitrogens with one attached hydrogen (secondary N) is 1. The van der Waals surface area contributed by atoms with Gasteiger partial charge in [0.15, 0.2) is 0 Å². The lowest BCUT2D eigenvalue weighted by Crippen LogP contribution is -2.51. The molecule has 1 fully saturated rings. The van der Waals surface area contributed by atoms with Crippen molar-refractivity contribution < 1.29 is 14.3 Å². The smallest absolute Gasteiger partial charge is 0.317 e. The summed E-state index contributed by atoms with van der Waals surface area (Å²) in [6.07, 6.45) is 0.826. The second-order valence-electron chi connectivity index (χ2n) is 5.53. The molecule has 1 heterocycles. The molecule has 22 heavy (non-hydrogen) atoms. The van der Waals surface area contributed by atoms with Crippen LogP contribution in [0, 0.1) is 13.8 Å². The Morgan fingerprint density at radius 3 is 2.41 bits per heavy atom. The third-order valence-corrected chi connectivity index (χ3v) is 3.59. The summed E-state index contributed by atoms with van der Waals surface area (Å²) in [7, 11) is 0. The van der Waals surface area contributed by atoms with Crippen molar-refractivity contribution in [2.75, 3.05) is 39.3 Å². The highest BCUT2D eigenvalue weighted by Crippen LogP contribution is 2.15. The van der Waals surface area contributed by atoms with Crippen molar-refractivity contribution >= 4 is 12.4 Å². The van der Waals surface area contributed by atoms with Crippen LogP contribution in [0.25, 0.3) is 0 Å².